The quantitative estimate of drug-likeness (QED) is 0.887. The fraction of sp³-hybridized carbons (Fsp3) is 0.600. The molecule has 1 aliphatic rings. The number of rotatable bonds is 5. The summed E-state index contributed by atoms with van der Waals surface area (Å²) in [5.74, 6) is 2.09. The Morgan fingerprint density at radius 2 is 1.74 bits per heavy atom. The van der Waals surface area contributed by atoms with Crippen molar-refractivity contribution in [2.24, 2.45) is 0 Å². The van der Waals surface area contributed by atoms with Crippen LogP contribution in [0.2, 0.25) is 0 Å². The maximum Gasteiger partial charge on any atom is 0.203 e. The predicted octanol–water partition coefficient (Wildman–Crippen LogP) is 2.40. The van der Waals surface area contributed by atoms with Crippen molar-refractivity contribution in [1.29, 1.82) is 0 Å². The lowest BCUT2D eigenvalue weighted by atomic mass is 9.91. The molecule has 0 amide bonds. The Kier molecular flexibility index (Phi) is 4.20. The second-order valence-electron chi connectivity index (χ2n) is 5.30. The van der Waals surface area contributed by atoms with Gasteiger partial charge in [0.05, 0.1) is 21.3 Å². The van der Waals surface area contributed by atoms with E-state index in [2.05, 4.69) is 12.2 Å². The van der Waals surface area contributed by atoms with E-state index in [1.807, 2.05) is 12.1 Å². The summed E-state index contributed by atoms with van der Waals surface area (Å²) in [6, 6.07) is 4.07. The van der Waals surface area contributed by atoms with E-state index in [9.17, 15) is 0 Å². The molecule has 106 valence electrons. The topological polar surface area (TPSA) is 39.7 Å². The zero-order chi connectivity index (χ0) is 13.9. The number of methoxy groups -OCH3 is 3. The van der Waals surface area contributed by atoms with Gasteiger partial charge in [0.15, 0.2) is 11.5 Å². The molecule has 0 saturated carbocycles. The zero-order valence-corrected chi connectivity index (χ0v) is 12.2. The molecule has 4 heteroatoms. The average Bonchev–Trinajstić information content (AvgIpc) is 2.83. The molecule has 2 rings (SSSR count). The van der Waals surface area contributed by atoms with Crippen molar-refractivity contribution >= 4 is 0 Å². The minimum absolute atomic E-state index is 0.171. The normalized spacial score (nSPS) is 22.3. The molecule has 0 aromatic heterocycles. The number of nitrogens with one attached hydrogen (secondary N) is 1. The summed E-state index contributed by atoms with van der Waals surface area (Å²) >= 11 is 0. The largest absolute Gasteiger partial charge is 0.493 e. The molecule has 0 bridgehead atoms. The van der Waals surface area contributed by atoms with Crippen LogP contribution in [-0.2, 0) is 6.42 Å². The predicted molar refractivity (Wildman–Crippen MR) is 75.4 cm³/mol. The van der Waals surface area contributed by atoms with Crippen molar-refractivity contribution in [2.75, 3.05) is 27.9 Å². The Morgan fingerprint density at radius 3 is 2.16 bits per heavy atom. The molecule has 1 unspecified atom stereocenters. The van der Waals surface area contributed by atoms with Crippen molar-refractivity contribution in [3.05, 3.63) is 17.7 Å². The number of benzene rings is 1. The van der Waals surface area contributed by atoms with Gasteiger partial charge in [0.2, 0.25) is 5.75 Å². The summed E-state index contributed by atoms with van der Waals surface area (Å²) in [5, 5.41) is 3.57. The van der Waals surface area contributed by atoms with E-state index in [0.29, 0.717) is 5.75 Å². The molecule has 1 aromatic carbocycles. The van der Waals surface area contributed by atoms with Gasteiger partial charge >= 0.3 is 0 Å². The van der Waals surface area contributed by atoms with Gasteiger partial charge in [0, 0.05) is 5.54 Å². The molecule has 1 heterocycles. The summed E-state index contributed by atoms with van der Waals surface area (Å²) < 4.78 is 16.1. The summed E-state index contributed by atoms with van der Waals surface area (Å²) in [6.07, 6.45) is 3.40. The van der Waals surface area contributed by atoms with Crippen molar-refractivity contribution in [2.45, 2.75) is 31.7 Å². The number of hydrogen-bond acceptors (Lipinski definition) is 4. The summed E-state index contributed by atoms with van der Waals surface area (Å²) in [6.45, 7) is 3.37. The van der Waals surface area contributed by atoms with Gasteiger partial charge in [-0.2, -0.15) is 0 Å². The van der Waals surface area contributed by atoms with Crippen LogP contribution >= 0.6 is 0 Å². The first-order valence-electron chi connectivity index (χ1n) is 6.66. The highest BCUT2D eigenvalue weighted by molar-refractivity contribution is 5.54. The van der Waals surface area contributed by atoms with Crippen LogP contribution < -0.4 is 19.5 Å². The second kappa shape index (κ2) is 5.70. The molecule has 0 aliphatic carbocycles. The van der Waals surface area contributed by atoms with Gasteiger partial charge in [-0.25, -0.2) is 0 Å². The smallest absolute Gasteiger partial charge is 0.203 e. The molecule has 1 aromatic rings. The fourth-order valence-electron chi connectivity index (χ4n) is 2.80. The van der Waals surface area contributed by atoms with Crippen LogP contribution in [0.5, 0.6) is 17.2 Å². The zero-order valence-electron chi connectivity index (χ0n) is 12.2. The average molecular weight is 265 g/mol. The van der Waals surface area contributed by atoms with Crippen LogP contribution in [0, 0.1) is 0 Å². The third kappa shape index (κ3) is 2.95. The molecule has 1 saturated heterocycles. The first kappa shape index (κ1) is 14.0. The highest BCUT2D eigenvalue weighted by Crippen LogP contribution is 2.39. The van der Waals surface area contributed by atoms with Gasteiger partial charge in [0.1, 0.15) is 0 Å². The van der Waals surface area contributed by atoms with Gasteiger partial charge in [0.25, 0.3) is 0 Å². The number of hydrogen-bond donors (Lipinski definition) is 1. The minimum Gasteiger partial charge on any atom is -0.493 e. The lowest BCUT2D eigenvalue weighted by molar-refractivity contribution is 0.322. The van der Waals surface area contributed by atoms with Gasteiger partial charge in [-0.15, -0.1) is 0 Å². The van der Waals surface area contributed by atoms with Crippen LogP contribution in [0.15, 0.2) is 12.1 Å². The Bertz CT molecular complexity index is 414. The third-order valence-electron chi connectivity index (χ3n) is 3.78. The van der Waals surface area contributed by atoms with Gasteiger partial charge in [-0.05, 0) is 50.4 Å². The van der Waals surface area contributed by atoms with Crippen molar-refractivity contribution in [3.63, 3.8) is 0 Å². The molecule has 0 spiro atoms. The molecule has 1 fully saturated rings. The second-order valence-corrected chi connectivity index (χ2v) is 5.30. The minimum atomic E-state index is 0.171. The molecule has 1 atom stereocenters. The van der Waals surface area contributed by atoms with E-state index in [0.717, 1.165) is 24.5 Å². The van der Waals surface area contributed by atoms with Crippen LogP contribution in [0.1, 0.15) is 25.3 Å². The first-order chi connectivity index (χ1) is 9.11. The van der Waals surface area contributed by atoms with Crippen LogP contribution in [-0.4, -0.2) is 33.4 Å². The summed E-state index contributed by atoms with van der Waals surface area (Å²) in [4.78, 5) is 0. The maximum atomic E-state index is 5.39. The van der Waals surface area contributed by atoms with E-state index in [4.69, 9.17) is 14.2 Å². The maximum absolute atomic E-state index is 5.39. The lowest BCUT2D eigenvalue weighted by Gasteiger charge is -2.25. The van der Waals surface area contributed by atoms with Crippen molar-refractivity contribution < 1.29 is 14.2 Å². The standard InChI is InChI=1S/C15H23NO3/c1-15(6-5-7-16-15)10-11-8-12(17-2)14(19-4)13(9-11)18-3/h8-9,16H,5-7,10H2,1-4H3. The molecule has 4 nitrogen and oxygen atoms in total. The Balaban J connectivity index is 2.30. The third-order valence-corrected chi connectivity index (χ3v) is 3.78. The van der Waals surface area contributed by atoms with E-state index >= 15 is 0 Å². The Hall–Kier alpha value is -1.42. The van der Waals surface area contributed by atoms with Gasteiger partial charge in [-0.1, -0.05) is 0 Å². The summed E-state index contributed by atoms with van der Waals surface area (Å²) in [7, 11) is 4.92. The monoisotopic (exact) mass is 265 g/mol. The number of ether oxygens (including phenoxy) is 3. The Labute approximate surface area is 115 Å². The SMILES string of the molecule is COc1cc(CC2(C)CCCN2)cc(OC)c1OC. The molecule has 0 radical (unpaired) electrons. The van der Waals surface area contributed by atoms with Crippen LogP contribution in [0.3, 0.4) is 0 Å². The van der Waals surface area contributed by atoms with Gasteiger partial charge < -0.3 is 19.5 Å². The molecule has 1 aliphatic heterocycles. The van der Waals surface area contributed by atoms with E-state index in [-0.39, 0.29) is 5.54 Å². The van der Waals surface area contributed by atoms with Crippen LogP contribution in [0.4, 0.5) is 0 Å². The van der Waals surface area contributed by atoms with E-state index < -0.39 is 0 Å². The lowest BCUT2D eigenvalue weighted by Crippen LogP contribution is -2.38. The first-order valence-corrected chi connectivity index (χ1v) is 6.66. The molecule has 1 N–H and O–H groups in total. The summed E-state index contributed by atoms with van der Waals surface area (Å²) in [5.41, 5.74) is 1.37. The van der Waals surface area contributed by atoms with E-state index in [1.165, 1.54) is 18.4 Å². The Morgan fingerprint density at radius 1 is 1.11 bits per heavy atom. The van der Waals surface area contributed by atoms with Crippen molar-refractivity contribution in [3.8, 4) is 17.2 Å². The van der Waals surface area contributed by atoms with Crippen molar-refractivity contribution in [1.82, 2.24) is 5.32 Å². The van der Waals surface area contributed by atoms with E-state index in [1.54, 1.807) is 21.3 Å². The molecule has 19 heavy (non-hydrogen) atoms. The van der Waals surface area contributed by atoms with Gasteiger partial charge in [-0.3, -0.25) is 0 Å². The van der Waals surface area contributed by atoms with Crippen LogP contribution in [0.25, 0.3) is 0 Å². The highest BCUT2D eigenvalue weighted by Gasteiger charge is 2.29. The fourth-order valence-corrected chi connectivity index (χ4v) is 2.80. The highest BCUT2D eigenvalue weighted by atomic mass is 16.5. The molecular weight excluding hydrogens is 242 g/mol. The molecular formula is C15H23NO3.